The van der Waals surface area contributed by atoms with Gasteiger partial charge in [-0.2, -0.15) is 5.10 Å². The maximum atomic E-state index is 12.7. The van der Waals surface area contributed by atoms with Gasteiger partial charge in [0.05, 0.1) is 5.69 Å². The molecule has 0 unspecified atom stereocenters. The number of amides is 1. The number of anilines is 1. The Bertz CT molecular complexity index is 1070. The molecule has 0 bridgehead atoms. The molecule has 0 radical (unpaired) electrons. The monoisotopic (exact) mass is 370 g/mol. The van der Waals surface area contributed by atoms with Crippen molar-refractivity contribution >= 4 is 11.7 Å². The summed E-state index contributed by atoms with van der Waals surface area (Å²) < 4.78 is 1.73. The lowest BCUT2D eigenvalue weighted by atomic mass is 10.0. The van der Waals surface area contributed by atoms with Gasteiger partial charge in [0.2, 0.25) is 0 Å². The minimum Gasteiger partial charge on any atom is -0.307 e. The van der Waals surface area contributed by atoms with Gasteiger partial charge >= 0.3 is 0 Å². The van der Waals surface area contributed by atoms with E-state index < -0.39 is 0 Å². The molecule has 1 aliphatic carbocycles. The molecular weight excluding hydrogens is 348 g/mol. The van der Waals surface area contributed by atoms with E-state index in [2.05, 4.69) is 27.2 Å². The summed E-state index contributed by atoms with van der Waals surface area (Å²) in [6, 6.07) is 11.3. The first-order valence-corrected chi connectivity index (χ1v) is 9.45. The Kier molecular flexibility index (Phi) is 4.94. The summed E-state index contributed by atoms with van der Waals surface area (Å²) >= 11 is 0. The van der Waals surface area contributed by atoms with Gasteiger partial charge < -0.3 is 5.32 Å². The topological polar surface area (TPSA) is 59.8 Å². The molecule has 5 nitrogen and oxygen atoms in total. The Morgan fingerprint density at radius 3 is 2.86 bits per heavy atom. The second-order valence-corrected chi connectivity index (χ2v) is 7.27. The number of hydrogen-bond donors (Lipinski definition) is 1. The molecule has 140 valence electrons. The van der Waals surface area contributed by atoms with E-state index in [1.165, 1.54) is 12.8 Å². The zero-order valence-corrected chi connectivity index (χ0v) is 16.1. The van der Waals surface area contributed by atoms with Crippen LogP contribution in [0.5, 0.6) is 0 Å². The first kappa shape index (κ1) is 18.0. The smallest absolute Gasteiger partial charge is 0.256 e. The van der Waals surface area contributed by atoms with E-state index in [1.807, 2.05) is 50.4 Å². The Labute approximate surface area is 164 Å². The van der Waals surface area contributed by atoms with Crippen LogP contribution in [-0.4, -0.2) is 20.7 Å². The highest BCUT2D eigenvalue weighted by molar-refractivity contribution is 6.04. The number of aromatic nitrogens is 3. The van der Waals surface area contributed by atoms with Crippen LogP contribution in [-0.2, 0) is 13.5 Å². The van der Waals surface area contributed by atoms with Crippen LogP contribution >= 0.6 is 0 Å². The molecule has 1 N–H and O–H groups in total. The Balaban J connectivity index is 1.52. The van der Waals surface area contributed by atoms with Crippen LogP contribution in [0.25, 0.3) is 0 Å². The van der Waals surface area contributed by atoms with Crippen molar-refractivity contribution in [1.82, 2.24) is 14.8 Å². The lowest BCUT2D eigenvalue weighted by Gasteiger charge is -2.07. The third kappa shape index (κ3) is 4.29. The Hall–Kier alpha value is -3.39. The molecule has 28 heavy (non-hydrogen) atoms. The molecule has 0 atom stereocenters. The van der Waals surface area contributed by atoms with Crippen LogP contribution in [0.4, 0.5) is 5.82 Å². The normalized spacial score (nSPS) is 12.9. The third-order valence-electron chi connectivity index (χ3n) is 4.87. The van der Waals surface area contributed by atoms with Gasteiger partial charge in [-0.05, 0) is 61.9 Å². The molecule has 1 fully saturated rings. The summed E-state index contributed by atoms with van der Waals surface area (Å²) in [5.41, 5.74) is 4.31. The molecule has 2 heterocycles. The van der Waals surface area contributed by atoms with Gasteiger partial charge in [0.1, 0.15) is 5.82 Å². The van der Waals surface area contributed by atoms with E-state index >= 15 is 0 Å². The third-order valence-corrected chi connectivity index (χ3v) is 4.87. The molecule has 4 rings (SSSR count). The van der Waals surface area contributed by atoms with E-state index in [0.717, 1.165) is 34.7 Å². The van der Waals surface area contributed by atoms with E-state index in [0.29, 0.717) is 11.4 Å². The number of rotatable bonds is 4. The highest BCUT2D eigenvalue weighted by Crippen LogP contribution is 2.32. The zero-order valence-electron chi connectivity index (χ0n) is 16.1. The van der Waals surface area contributed by atoms with Crippen molar-refractivity contribution in [3.05, 3.63) is 76.7 Å². The SMILES string of the molecule is Cc1ccc(C(=O)Nc2cc(CC3CC3)nn2C)cc1C#Cc1cccnc1. The van der Waals surface area contributed by atoms with Crippen molar-refractivity contribution in [2.24, 2.45) is 13.0 Å². The first-order chi connectivity index (χ1) is 13.6. The molecule has 5 heteroatoms. The molecule has 1 aromatic carbocycles. The zero-order chi connectivity index (χ0) is 19.5. The van der Waals surface area contributed by atoms with Gasteiger partial charge in [-0.15, -0.1) is 0 Å². The van der Waals surface area contributed by atoms with E-state index in [4.69, 9.17) is 0 Å². The number of hydrogen-bond acceptors (Lipinski definition) is 3. The minimum atomic E-state index is -0.162. The standard InChI is InChI=1S/C23H22N4O/c1-16-5-9-20(13-19(16)10-8-18-4-3-11-24-15-18)23(28)25-22-14-21(26-27(22)2)12-17-6-7-17/h3-5,9,11,13-15,17H,6-7,12H2,1-2H3,(H,25,28). The van der Waals surface area contributed by atoms with E-state index in [1.54, 1.807) is 17.1 Å². The molecule has 0 aliphatic heterocycles. The number of nitrogens with one attached hydrogen (secondary N) is 1. The predicted molar refractivity (Wildman–Crippen MR) is 109 cm³/mol. The highest BCUT2D eigenvalue weighted by Gasteiger charge is 2.23. The summed E-state index contributed by atoms with van der Waals surface area (Å²) in [4.78, 5) is 16.8. The van der Waals surface area contributed by atoms with Crippen LogP contribution in [0.15, 0.2) is 48.8 Å². The van der Waals surface area contributed by atoms with Crippen molar-refractivity contribution < 1.29 is 4.79 Å². The molecule has 0 saturated heterocycles. The van der Waals surface area contributed by atoms with E-state index in [-0.39, 0.29) is 5.91 Å². The number of pyridine rings is 1. The van der Waals surface area contributed by atoms with Crippen molar-refractivity contribution in [3.63, 3.8) is 0 Å². The number of carbonyl (C=O) groups is 1. The number of carbonyl (C=O) groups excluding carboxylic acids is 1. The number of benzene rings is 1. The largest absolute Gasteiger partial charge is 0.307 e. The number of aryl methyl sites for hydroxylation is 2. The fraction of sp³-hybridized carbons (Fsp3) is 0.261. The van der Waals surface area contributed by atoms with Crippen molar-refractivity contribution in [2.45, 2.75) is 26.2 Å². The Morgan fingerprint density at radius 2 is 2.11 bits per heavy atom. The lowest BCUT2D eigenvalue weighted by molar-refractivity contribution is 0.102. The van der Waals surface area contributed by atoms with Crippen LogP contribution in [0, 0.1) is 24.7 Å². The fourth-order valence-electron chi connectivity index (χ4n) is 3.02. The molecule has 1 amide bonds. The number of nitrogens with zero attached hydrogens (tertiary/aromatic N) is 3. The summed E-state index contributed by atoms with van der Waals surface area (Å²) in [5.74, 6) is 7.55. The van der Waals surface area contributed by atoms with Crippen LogP contribution < -0.4 is 5.32 Å². The van der Waals surface area contributed by atoms with Crippen LogP contribution in [0.1, 0.15) is 45.6 Å². The predicted octanol–water partition coefficient (Wildman–Crippen LogP) is 3.73. The lowest BCUT2D eigenvalue weighted by Crippen LogP contribution is -2.14. The minimum absolute atomic E-state index is 0.162. The summed E-state index contributed by atoms with van der Waals surface area (Å²) in [6.45, 7) is 1.99. The molecule has 1 aliphatic rings. The van der Waals surface area contributed by atoms with Gasteiger partial charge in [0.25, 0.3) is 5.91 Å². The fourth-order valence-corrected chi connectivity index (χ4v) is 3.02. The van der Waals surface area contributed by atoms with Crippen LogP contribution in [0.2, 0.25) is 0 Å². The summed E-state index contributed by atoms with van der Waals surface area (Å²) in [7, 11) is 1.85. The van der Waals surface area contributed by atoms with Gasteiger partial charge in [-0.1, -0.05) is 17.9 Å². The second-order valence-electron chi connectivity index (χ2n) is 7.27. The van der Waals surface area contributed by atoms with Gasteiger partial charge in [0, 0.05) is 42.2 Å². The molecular formula is C23H22N4O. The van der Waals surface area contributed by atoms with Crippen LogP contribution in [0.3, 0.4) is 0 Å². The van der Waals surface area contributed by atoms with Gasteiger partial charge in [-0.3, -0.25) is 14.5 Å². The molecule has 1 saturated carbocycles. The maximum absolute atomic E-state index is 12.7. The van der Waals surface area contributed by atoms with Gasteiger partial charge in [-0.25, -0.2) is 0 Å². The highest BCUT2D eigenvalue weighted by atomic mass is 16.1. The Morgan fingerprint density at radius 1 is 1.25 bits per heavy atom. The quantitative estimate of drug-likeness (QED) is 0.712. The van der Waals surface area contributed by atoms with E-state index in [9.17, 15) is 4.79 Å². The van der Waals surface area contributed by atoms with Crippen molar-refractivity contribution in [2.75, 3.05) is 5.32 Å². The molecule has 2 aromatic heterocycles. The molecule has 3 aromatic rings. The second kappa shape index (κ2) is 7.69. The maximum Gasteiger partial charge on any atom is 0.256 e. The van der Waals surface area contributed by atoms with Gasteiger partial charge in [0.15, 0.2) is 0 Å². The summed E-state index contributed by atoms with van der Waals surface area (Å²) in [6.07, 6.45) is 6.99. The average molecular weight is 370 g/mol. The molecule has 0 spiro atoms. The van der Waals surface area contributed by atoms with Crippen molar-refractivity contribution in [1.29, 1.82) is 0 Å². The summed E-state index contributed by atoms with van der Waals surface area (Å²) in [5, 5.41) is 7.47. The van der Waals surface area contributed by atoms with Crippen molar-refractivity contribution in [3.8, 4) is 11.8 Å². The average Bonchev–Trinajstić information content (AvgIpc) is 3.44. The first-order valence-electron chi connectivity index (χ1n) is 9.45.